The minimum Gasteiger partial charge on any atom is -0.351 e. The highest BCUT2D eigenvalue weighted by molar-refractivity contribution is 9.10. The molecule has 0 bridgehead atoms. The van der Waals surface area contributed by atoms with E-state index in [9.17, 15) is 9.18 Å². The summed E-state index contributed by atoms with van der Waals surface area (Å²) in [4.78, 5) is 11.7. The molecular weight excluding hydrogens is 299 g/mol. The Hall–Kier alpha value is -0.940. The first-order valence-corrected chi connectivity index (χ1v) is 6.66. The van der Waals surface area contributed by atoms with Gasteiger partial charge < -0.3 is 11.1 Å². The largest absolute Gasteiger partial charge is 0.351 e. The van der Waals surface area contributed by atoms with Crippen molar-refractivity contribution in [2.45, 2.75) is 32.9 Å². The van der Waals surface area contributed by atoms with Crippen LogP contribution < -0.4 is 11.1 Å². The zero-order valence-electron chi connectivity index (χ0n) is 10.5. The van der Waals surface area contributed by atoms with Crippen LogP contribution in [0.2, 0.25) is 0 Å². The van der Waals surface area contributed by atoms with Crippen LogP contribution in [0.15, 0.2) is 22.7 Å². The van der Waals surface area contributed by atoms with Crippen molar-refractivity contribution in [3.8, 4) is 0 Å². The van der Waals surface area contributed by atoms with Crippen molar-refractivity contribution in [1.82, 2.24) is 5.32 Å². The number of nitrogens with one attached hydrogen (secondary N) is 1. The number of halogens is 2. The summed E-state index contributed by atoms with van der Waals surface area (Å²) >= 11 is 3.31. The van der Waals surface area contributed by atoms with Gasteiger partial charge in [0.25, 0.3) is 0 Å². The molecule has 1 atom stereocenters. The van der Waals surface area contributed by atoms with Crippen LogP contribution in [0.5, 0.6) is 0 Å². The molecule has 0 radical (unpaired) electrons. The lowest BCUT2D eigenvalue weighted by Crippen LogP contribution is -2.41. The Bertz CT molecular complexity index is 423. The Labute approximate surface area is 115 Å². The smallest absolute Gasteiger partial charge is 0.237 e. The van der Waals surface area contributed by atoms with Crippen LogP contribution in [-0.4, -0.2) is 11.9 Å². The van der Waals surface area contributed by atoms with Gasteiger partial charge in [-0.05, 0) is 36.1 Å². The van der Waals surface area contributed by atoms with E-state index < -0.39 is 6.04 Å². The number of benzene rings is 1. The molecule has 100 valence electrons. The van der Waals surface area contributed by atoms with Gasteiger partial charge in [0.2, 0.25) is 5.91 Å². The third-order valence-corrected chi connectivity index (χ3v) is 3.30. The second kappa shape index (κ2) is 6.85. The number of carbonyl (C=O) groups excluding carboxylic acids is 1. The van der Waals surface area contributed by atoms with E-state index in [1.807, 2.05) is 13.8 Å². The van der Waals surface area contributed by atoms with Gasteiger partial charge in [-0.1, -0.05) is 29.8 Å². The van der Waals surface area contributed by atoms with Gasteiger partial charge in [-0.25, -0.2) is 4.39 Å². The first-order valence-electron chi connectivity index (χ1n) is 5.87. The van der Waals surface area contributed by atoms with Crippen molar-refractivity contribution in [2.24, 2.45) is 11.7 Å². The van der Waals surface area contributed by atoms with Crippen LogP contribution in [-0.2, 0) is 11.3 Å². The third-order valence-electron chi connectivity index (χ3n) is 2.52. The summed E-state index contributed by atoms with van der Waals surface area (Å²) in [6.45, 7) is 4.29. The fourth-order valence-electron chi connectivity index (χ4n) is 1.61. The van der Waals surface area contributed by atoms with Crippen LogP contribution in [0, 0.1) is 11.7 Å². The predicted molar refractivity (Wildman–Crippen MR) is 73.4 cm³/mol. The quantitative estimate of drug-likeness (QED) is 0.877. The molecule has 0 aliphatic carbocycles. The summed E-state index contributed by atoms with van der Waals surface area (Å²) in [6, 6.07) is 3.85. The van der Waals surface area contributed by atoms with Crippen LogP contribution in [0.4, 0.5) is 4.39 Å². The average Bonchev–Trinajstić information content (AvgIpc) is 2.29. The average molecular weight is 317 g/mol. The molecule has 0 heterocycles. The van der Waals surface area contributed by atoms with Gasteiger partial charge in [0, 0.05) is 11.0 Å². The van der Waals surface area contributed by atoms with Gasteiger partial charge in [-0.15, -0.1) is 0 Å². The molecule has 1 aromatic rings. The molecule has 0 saturated heterocycles. The highest BCUT2D eigenvalue weighted by Gasteiger charge is 2.14. The fourth-order valence-corrected chi connectivity index (χ4v) is 1.99. The molecule has 3 nitrogen and oxygen atoms in total. The molecule has 0 saturated carbocycles. The highest BCUT2D eigenvalue weighted by Crippen LogP contribution is 2.17. The second-order valence-electron chi connectivity index (χ2n) is 4.69. The molecular formula is C13H18BrFN2O. The minimum atomic E-state index is -0.516. The summed E-state index contributed by atoms with van der Waals surface area (Å²) in [6.07, 6.45) is 0.635. The van der Waals surface area contributed by atoms with Crippen molar-refractivity contribution in [3.05, 3.63) is 34.1 Å². The van der Waals surface area contributed by atoms with Crippen molar-refractivity contribution in [1.29, 1.82) is 0 Å². The first kappa shape index (κ1) is 15.1. The van der Waals surface area contributed by atoms with Crippen molar-refractivity contribution >= 4 is 21.8 Å². The van der Waals surface area contributed by atoms with Crippen LogP contribution in [0.25, 0.3) is 0 Å². The summed E-state index contributed by atoms with van der Waals surface area (Å²) in [5.41, 5.74) is 6.45. The normalized spacial score (nSPS) is 12.6. The molecule has 0 fully saturated rings. The predicted octanol–water partition coefficient (Wildman–Crippen LogP) is 2.58. The number of carbonyl (C=O) groups is 1. The van der Waals surface area contributed by atoms with Crippen LogP contribution in [0.1, 0.15) is 25.8 Å². The summed E-state index contributed by atoms with van der Waals surface area (Å²) < 4.78 is 13.8. The fraction of sp³-hybridized carbons (Fsp3) is 0.462. The number of hydrogen-bond donors (Lipinski definition) is 2. The van der Waals surface area contributed by atoms with E-state index in [0.29, 0.717) is 17.9 Å². The number of nitrogens with two attached hydrogens (primary N) is 1. The highest BCUT2D eigenvalue weighted by atomic mass is 79.9. The van der Waals surface area contributed by atoms with E-state index in [-0.39, 0.29) is 18.3 Å². The number of hydrogen-bond acceptors (Lipinski definition) is 2. The Morgan fingerprint density at radius 1 is 1.50 bits per heavy atom. The van der Waals surface area contributed by atoms with Crippen molar-refractivity contribution < 1.29 is 9.18 Å². The summed E-state index contributed by atoms with van der Waals surface area (Å²) in [5.74, 6) is -0.166. The zero-order chi connectivity index (χ0) is 13.7. The van der Waals surface area contributed by atoms with Gasteiger partial charge in [0.05, 0.1) is 6.04 Å². The van der Waals surface area contributed by atoms with Gasteiger partial charge in [-0.2, -0.15) is 0 Å². The minimum absolute atomic E-state index is 0.208. The Balaban J connectivity index is 2.54. The zero-order valence-corrected chi connectivity index (χ0v) is 12.1. The number of rotatable bonds is 5. The lowest BCUT2D eigenvalue weighted by atomic mass is 10.0. The maximum Gasteiger partial charge on any atom is 0.237 e. The molecule has 1 rings (SSSR count). The third kappa shape index (κ3) is 4.74. The molecule has 1 aromatic carbocycles. The second-order valence-corrected chi connectivity index (χ2v) is 5.54. The number of amides is 1. The van der Waals surface area contributed by atoms with E-state index in [4.69, 9.17) is 5.73 Å². The lowest BCUT2D eigenvalue weighted by molar-refractivity contribution is -0.122. The maximum atomic E-state index is 13.0. The molecule has 18 heavy (non-hydrogen) atoms. The molecule has 0 unspecified atom stereocenters. The Morgan fingerprint density at radius 2 is 2.17 bits per heavy atom. The van der Waals surface area contributed by atoms with Crippen LogP contribution >= 0.6 is 15.9 Å². The molecule has 0 aliphatic rings. The van der Waals surface area contributed by atoms with E-state index in [1.165, 1.54) is 12.1 Å². The summed E-state index contributed by atoms with van der Waals surface area (Å²) in [5, 5.41) is 2.71. The van der Waals surface area contributed by atoms with E-state index in [2.05, 4.69) is 21.2 Å². The molecule has 3 N–H and O–H groups in total. The maximum absolute atomic E-state index is 13.0. The van der Waals surface area contributed by atoms with Gasteiger partial charge in [-0.3, -0.25) is 4.79 Å². The van der Waals surface area contributed by atoms with Crippen LogP contribution in [0.3, 0.4) is 0 Å². The SMILES string of the molecule is CC(C)C[C@@H](N)C(=O)NCc1cc(F)ccc1Br. The molecule has 1 amide bonds. The van der Waals surface area contributed by atoms with Gasteiger partial charge in [0.1, 0.15) is 5.82 Å². The lowest BCUT2D eigenvalue weighted by Gasteiger charge is -2.14. The van der Waals surface area contributed by atoms with E-state index in [0.717, 1.165) is 4.47 Å². The van der Waals surface area contributed by atoms with E-state index in [1.54, 1.807) is 6.07 Å². The standard InChI is InChI=1S/C13H18BrFN2O/c1-8(2)5-12(16)13(18)17-7-9-6-10(15)3-4-11(9)14/h3-4,6,8,12H,5,7,16H2,1-2H3,(H,17,18)/t12-/m1/s1. The summed E-state index contributed by atoms with van der Waals surface area (Å²) in [7, 11) is 0. The Kier molecular flexibility index (Phi) is 5.75. The topological polar surface area (TPSA) is 55.1 Å². The van der Waals surface area contributed by atoms with Gasteiger partial charge in [0.15, 0.2) is 0 Å². The van der Waals surface area contributed by atoms with Crippen molar-refractivity contribution in [2.75, 3.05) is 0 Å². The van der Waals surface area contributed by atoms with E-state index >= 15 is 0 Å². The molecule has 0 aliphatic heterocycles. The Morgan fingerprint density at radius 3 is 2.78 bits per heavy atom. The van der Waals surface area contributed by atoms with Gasteiger partial charge >= 0.3 is 0 Å². The molecule has 5 heteroatoms. The first-order chi connectivity index (χ1) is 8.40. The molecule has 0 aromatic heterocycles. The molecule has 0 spiro atoms. The van der Waals surface area contributed by atoms with Crippen molar-refractivity contribution in [3.63, 3.8) is 0 Å². The monoisotopic (exact) mass is 316 g/mol.